The molecule has 164 valence electrons. The summed E-state index contributed by atoms with van der Waals surface area (Å²) < 4.78 is 15.6. The van der Waals surface area contributed by atoms with Crippen molar-refractivity contribution in [1.29, 1.82) is 0 Å². The average molecular weight is 431 g/mol. The molecule has 1 amide bonds. The van der Waals surface area contributed by atoms with Gasteiger partial charge in [0.25, 0.3) is 5.91 Å². The highest BCUT2D eigenvalue weighted by molar-refractivity contribution is 6.06. The molecular formula is C24H25N5O3. The number of hydrogen-bond acceptors (Lipinski definition) is 5. The number of carbonyl (C=O) groups is 1. The Kier molecular flexibility index (Phi) is 3.96. The molecular weight excluding hydrogens is 406 g/mol. The van der Waals surface area contributed by atoms with Crippen LogP contribution in [0.4, 0.5) is 5.82 Å². The number of imidazole rings is 1. The number of pyridine rings is 2. The third-order valence-corrected chi connectivity index (χ3v) is 6.49. The van der Waals surface area contributed by atoms with E-state index in [-0.39, 0.29) is 23.0 Å². The van der Waals surface area contributed by atoms with Crippen LogP contribution in [0.15, 0.2) is 48.9 Å². The summed E-state index contributed by atoms with van der Waals surface area (Å²) in [5, 5.41) is 7.27. The van der Waals surface area contributed by atoms with Gasteiger partial charge in [0.05, 0.1) is 41.3 Å². The molecule has 4 aromatic rings. The molecule has 32 heavy (non-hydrogen) atoms. The summed E-state index contributed by atoms with van der Waals surface area (Å²) in [7, 11) is 0. The van der Waals surface area contributed by atoms with E-state index in [0.29, 0.717) is 23.7 Å². The number of hydrogen-bond donors (Lipinski definition) is 1. The largest absolute Gasteiger partial charge is 0.490 e. The summed E-state index contributed by atoms with van der Waals surface area (Å²) in [6, 6.07) is 9.38. The molecule has 0 atom stereocenters. The first-order chi connectivity index (χ1) is 15.3. The van der Waals surface area contributed by atoms with E-state index < -0.39 is 0 Å². The van der Waals surface area contributed by atoms with E-state index in [1.54, 1.807) is 16.9 Å². The zero-order chi connectivity index (χ0) is 22.1. The molecule has 7 rings (SSSR count). The van der Waals surface area contributed by atoms with Crippen molar-refractivity contribution >= 4 is 22.9 Å². The first kappa shape index (κ1) is 19.3. The third-order valence-electron chi connectivity index (χ3n) is 6.49. The number of nitrogens with one attached hydrogen (secondary N) is 1. The molecule has 2 aliphatic heterocycles. The minimum Gasteiger partial charge on any atom is -0.490 e. The van der Waals surface area contributed by atoms with Gasteiger partial charge in [-0.15, -0.1) is 0 Å². The maximum absolute atomic E-state index is 13.3. The van der Waals surface area contributed by atoms with E-state index in [0.717, 1.165) is 29.7 Å². The number of fused-ring (bicyclic) bond motifs is 3. The van der Waals surface area contributed by atoms with Crippen LogP contribution in [0.5, 0.6) is 5.75 Å². The summed E-state index contributed by atoms with van der Waals surface area (Å²) >= 11 is 0. The lowest BCUT2D eigenvalue weighted by atomic mass is 9.62. The molecule has 1 aliphatic carbocycles. The van der Waals surface area contributed by atoms with E-state index in [1.165, 1.54) is 0 Å². The summed E-state index contributed by atoms with van der Waals surface area (Å²) in [6.45, 7) is 6.74. The van der Waals surface area contributed by atoms with Crippen molar-refractivity contribution in [3.05, 3.63) is 60.2 Å². The maximum Gasteiger partial charge on any atom is 0.262 e. The number of amides is 1. The normalized spacial score (nSPS) is 24.2. The van der Waals surface area contributed by atoms with Gasteiger partial charge < -0.3 is 19.2 Å². The smallest absolute Gasteiger partial charge is 0.262 e. The highest BCUT2D eigenvalue weighted by Gasteiger charge is 2.61. The van der Waals surface area contributed by atoms with Crippen LogP contribution < -0.4 is 10.1 Å². The molecule has 2 bridgehead atoms. The number of ether oxygens (including phenoxy) is 2. The number of nitrogens with zero attached hydrogens (tertiary/aromatic N) is 4. The fourth-order valence-corrected chi connectivity index (χ4v) is 5.17. The molecule has 6 heterocycles. The molecule has 3 aliphatic rings. The van der Waals surface area contributed by atoms with Crippen molar-refractivity contribution < 1.29 is 14.3 Å². The molecule has 0 spiro atoms. The molecule has 2 saturated heterocycles. The van der Waals surface area contributed by atoms with Crippen LogP contribution in [-0.2, 0) is 10.2 Å². The van der Waals surface area contributed by atoms with Gasteiger partial charge in [0.2, 0.25) is 0 Å². The lowest BCUT2D eigenvalue weighted by Gasteiger charge is -2.41. The number of anilines is 1. The van der Waals surface area contributed by atoms with Crippen LogP contribution in [0.1, 0.15) is 49.7 Å². The Morgan fingerprint density at radius 1 is 1.25 bits per heavy atom. The number of aromatic nitrogens is 4. The summed E-state index contributed by atoms with van der Waals surface area (Å²) in [6.07, 6.45) is 7.41. The third kappa shape index (κ3) is 2.90. The van der Waals surface area contributed by atoms with E-state index in [1.807, 2.05) is 54.8 Å². The van der Waals surface area contributed by atoms with E-state index in [2.05, 4.69) is 17.3 Å². The monoisotopic (exact) mass is 431 g/mol. The second-order valence-corrected chi connectivity index (χ2v) is 9.52. The Balaban J connectivity index is 1.39. The van der Waals surface area contributed by atoms with Crippen molar-refractivity contribution in [2.45, 2.75) is 50.7 Å². The first-order valence-electron chi connectivity index (χ1n) is 10.9. The SMILES string of the molecule is CC(C)Oc1cc2nc(C34COC(C)(C3)C4)cn2cc1C(=O)Nc1cccc2ccnn12. The molecule has 8 heteroatoms. The summed E-state index contributed by atoms with van der Waals surface area (Å²) in [5.74, 6) is 0.836. The highest BCUT2D eigenvalue weighted by Crippen LogP contribution is 2.58. The van der Waals surface area contributed by atoms with E-state index in [9.17, 15) is 4.79 Å². The highest BCUT2D eigenvalue weighted by atomic mass is 16.5. The Hall–Kier alpha value is -3.39. The first-order valence-corrected chi connectivity index (χ1v) is 10.9. The minimum absolute atomic E-state index is 0.0136. The van der Waals surface area contributed by atoms with Crippen LogP contribution >= 0.6 is 0 Å². The summed E-state index contributed by atoms with van der Waals surface area (Å²) in [4.78, 5) is 18.2. The van der Waals surface area contributed by atoms with Crippen molar-refractivity contribution in [3.8, 4) is 5.75 Å². The van der Waals surface area contributed by atoms with Gasteiger partial charge in [-0.05, 0) is 51.8 Å². The Morgan fingerprint density at radius 2 is 2.09 bits per heavy atom. The Bertz CT molecular complexity index is 1360. The van der Waals surface area contributed by atoms with Gasteiger partial charge in [0.15, 0.2) is 0 Å². The predicted molar refractivity (Wildman–Crippen MR) is 119 cm³/mol. The molecule has 0 radical (unpaired) electrons. The molecule has 4 aromatic heterocycles. The van der Waals surface area contributed by atoms with Gasteiger partial charge >= 0.3 is 0 Å². The molecule has 0 aromatic carbocycles. The van der Waals surface area contributed by atoms with Crippen LogP contribution in [0.3, 0.4) is 0 Å². The van der Waals surface area contributed by atoms with Crippen molar-refractivity contribution in [2.75, 3.05) is 11.9 Å². The molecule has 1 saturated carbocycles. The maximum atomic E-state index is 13.3. The molecule has 0 unspecified atom stereocenters. The second kappa shape index (κ2) is 6.56. The van der Waals surface area contributed by atoms with Gasteiger partial charge in [-0.3, -0.25) is 4.79 Å². The Morgan fingerprint density at radius 3 is 2.84 bits per heavy atom. The standard InChI is InChI=1S/C24H25N5O3/c1-15(2)32-18-9-21-26-19(24-12-23(3,13-24)31-14-24)11-28(21)10-17(18)22(30)27-20-6-4-5-16-7-8-25-29(16)20/h4-11,15H,12-14H2,1-3H3,(H,27,30). The van der Waals surface area contributed by atoms with E-state index >= 15 is 0 Å². The van der Waals surface area contributed by atoms with Crippen LogP contribution in [-0.4, -0.2) is 43.2 Å². The number of carbonyl (C=O) groups excluding carboxylic acids is 1. The fourth-order valence-electron chi connectivity index (χ4n) is 5.17. The lowest BCUT2D eigenvalue weighted by Crippen LogP contribution is -2.45. The lowest BCUT2D eigenvalue weighted by molar-refractivity contribution is 0.0154. The van der Waals surface area contributed by atoms with Crippen molar-refractivity contribution in [1.82, 2.24) is 19.0 Å². The van der Waals surface area contributed by atoms with Crippen LogP contribution in [0.2, 0.25) is 0 Å². The van der Waals surface area contributed by atoms with Crippen LogP contribution in [0, 0.1) is 0 Å². The van der Waals surface area contributed by atoms with Crippen molar-refractivity contribution in [2.24, 2.45) is 0 Å². The Labute approximate surface area is 185 Å². The van der Waals surface area contributed by atoms with Crippen molar-refractivity contribution in [3.63, 3.8) is 0 Å². The molecule has 3 fully saturated rings. The molecule has 1 N–H and O–H groups in total. The van der Waals surface area contributed by atoms with Gasteiger partial charge in [0.1, 0.15) is 17.2 Å². The number of rotatable bonds is 5. The quantitative estimate of drug-likeness (QED) is 0.519. The fraction of sp³-hybridized carbons (Fsp3) is 0.375. The van der Waals surface area contributed by atoms with Gasteiger partial charge in [-0.1, -0.05) is 6.07 Å². The summed E-state index contributed by atoms with van der Waals surface area (Å²) in [5.41, 5.74) is 3.09. The van der Waals surface area contributed by atoms with Gasteiger partial charge in [-0.25, -0.2) is 9.50 Å². The minimum atomic E-state index is -0.264. The average Bonchev–Trinajstić information content (AvgIpc) is 3.48. The predicted octanol–water partition coefficient (Wildman–Crippen LogP) is 3.84. The van der Waals surface area contributed by atoms with Gasteiger partial charge in [-0.2, -0.15) is 5.10 Å². The topological polar surface area (TPSA) is 82.2 Å². The van der Waals surface area contributed by atoms with E-state index in [4.69, 9.17) is 14.5 Å². The zero-order valence-electron chi connectivity index (χ0n) is 18.3. The van der Waals surface area contributed by atoms with Gasteiger partial charge in [0, 0.05) is 23.9 Å². The van der Waals surface area contributed by atoms with Crippen LogP contribution in [0.25, 0.3) is 11.2 Å². The molecule has 8 nitrogen and oxygen atoms in total. The second-order valence-electron chi connectivity index (χ2n) is 9.52. The zero-order valence-corrected chi connectivity index (χ0v) is 18.3.